The lowest BCUT2D eigenvalue weighted by atomic mass is 9.98. The lowest BCUT2D eigenvalue weighted by Gasteiger charge is -2.16. The zero-order valence-corrected chi connectivity index (χ0v) is 14.4. The summed E-state index contributed by atoms with van der Waals surface area (Å²) in [5.41, 5.74) is 7.05. The molecule has 24 heavy (non-hydrogen) atoms. The number of carbonyl (C=O) groups is 2. The van der Waals surface area contributed by atoms with Gasteiger partial charge in [0.1, 0.15) is 0 Å². The highest BCUT2D eigenvalue weighted by Crippen LogP contribution is 2.25. The number of halogens is 2. The van der Waals surface area contributed by atoms with E-state index in [-0.39, 0.29) is 6.61 Å². The van der Waals surface area contributed by atoms with E-state index in [0.717, 1.165) is 0 Å². The molecule has 0 heterocycles. The highest BCUT2D eigenvalue weighted by molar-refractivity contribution is 6.35. The number of carbonyl (C=O) groups excluding carboxylic acids is 2. The second kappa shape index (κ2) is 8.04. The number of amides is 1. The monoisotopic (exact) mass is 366 g/mol. The van der Waals surface area contributed by atoms with Crippen LogP contribution in [0.5, 0.6) is 0 Å². The summed E-state index contributed by atoms with van der Waals surface area (Å²) in [6.45, 7) is 1.84. The molecule has 3 N–H and O–H groups in total. The Bertz CT molecular complexity index is 728. The summed E-state index contributed by atoms with van der Waals surface area (Å²) in [6, 6.07) is 11.1. The number of esters is 1. The van der Waals surface area contributed by atoms with Crippen molar-refractivity contribution in [2.45, 2.75) is 12.8 Å². The van der Waals surface area contributed by atoms with Crippen LogP contribution < -0.4 is 11.1 Å². The summed E-state index contributed by atoms with van der Waals surface area (Å²) in [7, 11) is 0. The fraction of sp³-hybridized carbons (Fsp3) is 0.176. The van der Waals surface area contributed by atoms with Crippen molar-refractivity contribution in [3.63, 3.8) is 0 Å². The maximum absolute atomic E-state index is 12.6. The molecule has 2 aromatic carbocycles. The SMILES string of the molecule is CCOC(=O)C(C(=O)Nc1cc(Cl)cc(Cl)c1)c1ccc(N)cc1. The van der Waals surface area contributed by atoms with Crippen LogP contribution in [0.1, 0.15) is 18.4 Å². The number of hydrogen-bond donors (Lipinski definition) is 2. The first-order valence-electron chi connectivity index (χ1n) is 7.19. The van der Waals surface area contributed by atoms with Crippen molar-refractivity contribution in [2.75, 3.05) is 17.7 Å². The molecule has 0 radical (unpaired) electrons. The van der Waals surface area contributed by atoms with Crippen molar-refractivity contribution in [2.24, 2.45) is 0 Å². The van der Waals surface area contributed by atoms with Gasteiger partial charge in [0.25, 0.3) is 0 Å². The topological polar surface area (TPSA) is 81.4 Å². The van der Waals surface area contributed by atoms with Crippen molar-refractivity contribution < 1.29 is 14.3 Å². The first-order chi connectivity index (χ1) is 11.4. The molecule has 0 saturated carbocycles. The summed E-state index contributed by atoms with van der Waals surface area (Å²) in [5.74, 6) is -2.31. The Kier molecular flexibility index (Phi) is 6.06. The van der Waals surface area contributed by atoms with Gasteiger partial charge in [0, 0.05) is 21.4 Å². The summed E-state index contributed by atoms with van der Waals surface area (Å²) >= 11 is 11.8. The van der Waals surface area contributed by atoms with Gasteiger partial charge in [0.05, 0.1) is 6.61 Å². The summed E-state index contributed by atoms with van der Waals surface area (Å²) < 4.78 is 5.01. The van der Waals surface area contributed by atoms with Gasteiger partial charge in [0.2, 0.25) is 5.91 Å². The molecule has 1 amide bonds. The molecule has 0 aromatic heterocycles. The molecule has 0 fully saturated rings. The van der Waals surface area contributed by atoms with Crippen LogP contribution in [-0.4, -0.2) is 18.5 Å². The normalized spacial score (nSPS) is 11.6. The predicted molar refractivity (Wildman–Crippen MR) is 95.3 cm³/mol. The third-order valence-electron chi connectivity index (χ3n) is 3.18. The highest BCUT2D eigenvalue weighted by atomic mass is 35.5. The van der Waals surface area contributed by atoms with E-state index in [9.17, 15) is 9.59 Å². The fourth-order valence-electron chi connectivity index (χ4n) is 2.15. The molecule has 1 unspecified atom stereocenters. The van der Waals surface area contributed by atoms with Crippen LogP contribution in [0.3, 0.4) is 0 Å². The van der Waals surface area contributed by atoms with E-state index in [0.29, 0.717) is 27.0 Å². The average Bonchev–Trinajstić information content (AvgIpc) is 2.48. The number of anilines is 2. The Balaban J connectivity index is 2.30. The van der Waals surface area contributed by atoms with E-state index in [2.05, 4.69) is 5.32 Å². The van der Waals surface area contributed by atoms with Crippen molar-refractivity contribution in [1.82, 2.24) is 0 Å². The Hall–Kier alpha value is -2.24. The molecule has 2 rings (SSSR count). The third kappa shape index (κ3) is 4.63. The van der Waals surface area contributed by atoms with Crippen molar-refractivity contribution in [3.8, 4) is 0 Å². The number of nitrogen functional groups attached to an aromatic ring is 1. The summed E-state index contributed by atoms with van der Waals surface area (Å²) in [4.78, 5) is 24.8. The van der Waals surface area contributed by atoms with Gasteiger partial charge in [-0.1, -0.05) is 35.3 Å². The molecule has 0 aliphatic rings. The number of benzene rings is 2. The van der Waals surface area contributed by atoms with E-state index in [1.54, 1.807) is 37.3 Å². The molecule has 0 saturated heterocycles. The van der Waals surface area contributed by atoms with Gasteiger partial charge in [-0.25, -0.2) is 0 Å². The molecule has 0 bridgehead atoms. The minimum absolute atomic E-state index is 0.167. The highest BCUT2D eigenvalue weighted by Gasteiger charge is 2.30. The lowest BCUT2D eigenvalue weighted by molar-refractivity contribution is -0.147. The molecular formula is C17H16Cl2N2O3. The first-order valence-corrected chi connectivity index (χ1v) is 7.95. The largest absolute Gasteiger partial charge is 0.465 e. The van der Waals surface area contributed by atoms with Crippen LogP contribution in [-0.2, 0) is 14.3 Å². The second-order valence-electron chi connectivity index (χ2n) is 5.00. The Morgan fingerprint density at radius 2 is 1.71 bits per heavy atom. The van der Waals surface area contributed by atoms with Crippen molar-refractivity contribution in [3.05, 3.63) is 58.1 Å². The van der Waals surface area contributed by atoms with Gasteiger partial charge in [0.15, 0.2) is 5.92 Å². The quantitative estimate of drug-likeness (QED) is 0.478. The molecule has 0 aliphatic carbocycles. The number of nitrogens with two attached hydrogens (primary N) is 1. The molecule has 7 heteroatoms. The van der Waals surface area contributed by atoms with Gasteiger partial charge in [-0.15, -0.1) is 0 Å². The lowest BCUT2D eigenvalue weighted by Crippen LogP contribution is -2.29. The van der Waals surface area contributed by atoms with Crippen LogP contribution >= 0.6 is 23.2 Å². The minimum atomic E-state index is -1.12. The smallest absolute Gasteiger partial charge is 0.323 e. The molecule has 1 atom stereocenters. The van der Waals surface area contributed by atoms with E-state index < -0.39 is 17.8 Å². The maximum Gasteiger partial charge on any atom is 0.323 e. The average molecular weight is 367 g/mol. The molecule has 2 aromatic rings. The molecule has 126 valence electrons. The van der Waals surface area contributed by atoms with Crippen LogP contribution in [0.4, 0.5) is 11.4 Å². The van der Waals surface area contributed by atoms with Gasteiger partial charge in [-0.2, -0.15) is 0 Å². The van der Waals surface area contributed by atoms with Crippen LogP contribution in [0.25, 0.3) is 0 Å². The Morgan fingerprint density at radius 1 is 1.12 bits per heavy atom. The van der Waals surface area contributed by atoms with Gasteiger partial charge in [-0.3, -0.25) is 9.59 Å². The van der Waals surface area contributed by atoms with E-state index in [1.807, 2.05) is 0 Å². The van der Waals surface area contributed by atoms with Crippen molar-refractivity contribution in [1.29, 1.82) is 0 Å². The fourth-order valence-corrected chi connectivity index (χ4v) is 2.68. The Morgan fingerprint density at radius 3 is 2.25 bits per heavy atom. The van der Waals surface area contributed by atoms with Crippen LogP contribution in [0.2, 0.25) is 10.0 Å². The van der Waals surface area contributed by atoms with E-state index in [4.69, 9.17) is 33.7 Å². The summed E-state index contributed by atoms with van der Waals surface area (Å²) in [5, 5.41) is 3.38. The zero-order chi connectivity index (χ0) is 17.7. The van der Waals surface area contributed by atoms with Gasteiger partial charge in [-0.05, 0) is 42.8 Å². The third-order valence-corrected chi connectivity index (χ3v) is 3.62. The van der Waals surface area contributed by atoms with E-state index >= 15 is 0 Å². The van der Waals surface area contributed by atoms with E-state index in [1.165, 1.54) is 12.1 Å². The molecular weight excluding hydrogens is 351 g/mol. The maximum atomic E-state index is 12.6. The molecule has 5 nitrogen and oxygen atoms in total. The number of ether oxygens (including phenoxy) is 1. The minimum Gasteiger partial charge on any atom is -0.465 e. The van der Waals surface area contributed by atoms with Gasteiger partial charge < -0.3 is 15.8 Å². The van der Waals surface area contributed by atoms with Gasteiger partial charge >= 0.3 is 5.97 Å². The van der Waals surface area contributed by atoms with Crippen LogP contribution in [0, 0.1) is 0 Å². The predicted octanol–water partition coefficient (Wildman–Crippen LogP) is 3.86. The summed E-state index contributed by atoms with van der Waals surface area (Å²) in [6.07, 6.45) is 0. The van der Waals surface area contributed by atoms with Crippen LogP contribution in [0.15, 0.2) is 42.5 Å². The molecule has 0 spiro atoms. The number of hydrogen-bond acceptors (Lipinski definition) is 4. The first kappa shape index (κ1) is 18.1. The Labute approximate surface area is 149 Å². The second-order valence-corrected chi connectivity index (χ2v) is 5.87. The molecule has 0 aliphatic heterocycles. The zero-order valence-electron chi connectivity index (χ0n) is 12.9. The number of rotatable bonds is 5. The van der Waals surface area contributed by atoms with Crippen molar-refractivity contribution >= 4 is 46.5 Å². The number of nitrogens with one attached hydrogen (secondary N) is 1. The standard InChI is InChI=1S/C17H16Cl2N2O3/c1-2-24-17(23)15(10-3-5-13(20)6-4-10)16(22)21-14-8-11(18)7-12(19)9-14/h3-9,15H,2,20H2,1H3,(H,21,22).